The Kier molecular flexibility index (Phi) is 6.42. The first kappa shape index (κ1) is 23.2. The number of hydrogen-bond donors (Lipinski definition) is 0. The van der Waals surface area contributed by atoms with E-state index in [0.717, 1.165) is 46.8 Å². The Bertz CT molecular complexity index is 1600. The van der Waals surface area contributed by atoms with Crippen molar-refractivity contribution in [3.8, 4) is 22.7 Å². The fourth-order valence-corrected chi connectivity index (χ4v) is 4.43. The maximum Gasteiger partial charge on any atom is 0.339 e. The first-order chi connectivity index (χ1) is 17.5. The predicted molar refractivity (Wildman–Crippen MR) is 137 cm³/mol. The van der Waals surface area contributed by atoms with E-state index in [2.05, 4.69) is 4.99 Å². The third-order valence-electron chi connectivity index (χ3n) is 5.30. The molecule has 4 aromatic carbocycles. The molecule has 0 saturated heterocycles. The van der Waals surface area contributed by atoms with Gasteiger partial charge < -0.3 is 4.18 Å². The molecule has 0 amide bonds. The first-order valence-corrected chi connectivity index (χ1v) is 12.4. The minimum Gasteiger partial charge on any atom is -0.379 e. The molecule has 0 saturated carbocycles. The van der Waals surface area contributed by atoms with Crippen molar-refractivity contribution in [2.24, 2.45) is 4.99 Å². The Labute approximate surface area is 208 Å². The zero-order chi connectivity index (χ0) is 25.0. The van der Waals surface area contributed by atoms with Crippen LogP contribution in [-0.2, 0) is 10.1 Å². The highest BCUT2D eigenvalue weighted by molar-refractivity contribution is 7.87. The van der Waals surface area contributed by atoms with Crippen molar-refractivity contribution in [2.75, 3.05) is 0 Å². The maximum absolute atomic E-state index is 13.1. The third kappa shape index (κ3) is 5.24. The van der Waals surface area contributed by atoms with E-state index < -0.39 is 15.9 Å². The van der Waals surface area contributed by atoms with Gasteiger partial charge in [-0.15, -0.1) is 0 Å². The van der Waals surface area contributed by atoms with E-state index >= 15 is 0 Å². The number of para-hydroxylation sites is 1. The van der Waals surface area contributed by atoms with Gasteiger partial charge in [-0.3, -0.25) is 0 Å². The van der Waals surface area contributed by atoms with E-state index in [1.54, 1.807) is 23.0 Å². The smallest absolute Gasteiger partial charge is 0.339 e. The fraction of sp³-hybridized carbons (Fsp3) is 0. The molecule has 0 atom stereocenters. The van der Waals surface area contributed by atoms with Crippen LogP contribution < -0.4 is 4.18 Å². The Balaban J connectivity index is 1.39. The van der Waals surface area contributed by atoms with Gasteiger partial charge in [0, 0.05) is 17.8 Å². The van der Waals surface area contributed by atoms with Gasteiger partial charge in [0.2, 0.25) is 0 Å². The van der Waals surface area contributed by atoms with Crippen molar-refractivity contribution in [3.05, 3.63) is 127 Å². The van der Waals surface area contributed by atoms with Crippen molar-refractivity contribution in [1.29, 1.82) is 0 Å². The summed E-state index contributed by atoms with van der Waals surface area (Å²) < 4.78 is 44.9. The summed E-state index contributed by atoms with van der Waals surface area (Å²) in [5.74, 6) is 0.249. The topological polar surface area (TPSA) is 73.6 Å². The molecule has 6 nitrogen and oxygen atoms in total. The number of aliphatic imine (C=N–C) groups is 1. The molecule has 5 aromatic rings. The molecule has 0 fully saturated rings. The number of halogens is 1. The molecule has 8 heteroatoms. The van der Waals surface area contributed by atoms with Crippen LogP contribution in [0.1, 0.15) is 5.56 Å². The highest BCUT2D eigenvalue weighted by atomic mass is 32.2. The van der Waals surface area contributed by atoms with E-state index in [1.807, 2.05) is 66.7 Å². The summed E-state index contributed by atoms with van der Waals surface area (Å²) in [7, 11) is -4.07. The van der Waals surface area contributed by atoms with Crippen LogP contribution >= 0.6 is 0 Å². The van der Waals surface area contributed by atoms with Gasteiger partial charge in [-0.2, -0.15) is 13.5 Å². The Morgan fingerprint density at radius 2 is 1.44 bits per heavy atom. The molecule has 0 aliphatic rings. The van der Waals surface area contributed by atoms with Crippen molar-refractivity contribution < 1.29 is 17.0 Å². The average Bonchev–Trinajstić information content (AvgIpc) is 3.34. The molecule has 0 spiro atoms. The minimum atomic E-state index is -4.07. The summed E-state index contributed by atoms with van der Waals surface area (Å²) in [6, 6.07) is 32.4. The Morgan fingerprint density at radius 3 is 2.11 bits per heavy atom. The second-order valence-corrected chi connectivity index (χ2v) is 9.37. The zero-order valence-corrected chi connectivity index (χ0v) is 19.7. The van der Waals surface area contributed by atoms with Crippen molar-refractivity contribution in [1.82, 2.24) is 9.78 Å². The fourth-order valence-electron chi connectivity index (χ4n) is 3.50. The quantitative estimate of drug-likeness (QED) is 0.198. The van der Waals surface area contributed by atoms with Gasteiger partial charge in [-0.1, -0.05) is 48.5 Å². The van der Waals surface area contributed by atoms with Gasteiger partial charge in [-0.05, 0) is 66.2 Å². The monoisotopic (exact) mass is 497 g/mol. The lowest BCUT2D eigenvalue weighted by atomic mass is 10.2. The number of aromatic nitrogens is 2. The van der Waals surface area contributed by atoms with Crippen molar-refractivity contribution >= 4 is 22.2 Å². The van der Waals surface area contributed by atoms with Gasteiger partial charge in [0.1, 0.15) is 16.5 Å². The summed E-state index contributed by atoms with van der Waals surface area (Å²) >= 11 is 0. The Hall–Kier alpha value is -4.56. The largest absolute Gasteiger partial charge is 0.379 e. The molecular formula is C28H20FN3O3S. The summed E-state index contributed by atoms with van der Waals surface area (Å²) in [4.78, 5) is 4.51. The van der Waals surface area contributed by atoms with Gasteiger partial charge >= 0.3 is 10.1 Å². The van der Waals surface area contributed by atoms with Crippen LogP contribution in [0.4, 0.5) is 10.2 Å². The second kappa shape index (κ2) is 9.97. The molecule has 0 unspecified atom stereocenters. The lowest BCUT2D eigenvalue weighted by Crippen LogP contribution is -2.09. The van der Waals surface area contributed by atoms with Gasteiger partial charge in [0.05, 0.1) is 11.4 Å². The molecule has 5 rings (SSSR count). The van der Waals surface area contributed by atoms with Crippen LogP contribution in [0.15, 0.2) is 125 Å². The second-order valence-electron chi connectivity index (χ2n) is 7.82. The van der Waals surface area contributed by atoms with E-state index in [9.17, 15) is 12.8 Å². The number of hydrogen-bond acceptors (Lipinski definition) is 5. The standard InChI is InChI=1S/C28H20FN3O3S/c29-23-13-17-26(18-14-23)36(33,34)35-25-15-11-21(12-16-25)20-30-28-19-27(22-7-3-1-4-8-22)31-32(28)24-9-5-2-6-10-24/h1-20H. The molecular weight excluding hydrogens is 477 g/mol. The molecule has 0 aliphatic heterocycles. The van der Waals surface area contributed by atoms with Crippen LogP contribution in [0.25, 0.3) is 16.9 Å². The van der Waals surface area contributed by atoms with E-state index in [4.69, 9.17) is 9.28 Å². The molecule has 178 valence electrons. The predicted octanol–water partition coefficient (Wildman–Crippen LogP) is 6.20. The van der Waals surface area contributed by atoms with Crippen molar-refractivity contribution in [2.45, 2.75) is 4.90 Å². The molecule has 36 heavy (non-hydrogen) atoms. The van der Waals surface area contributed by atoms with E-state index in [0.29, 0.717) is 5.82 Å². The molecule has 1 heterocycles. The van der Waals surface area contributed by atoms with Crippen LogP contribution in [0.2, 0.25) is 0 Å². The Morgan fingerprint density at radius 1 is 0.806 bits per heavy atom. The van der Waals surface area contributed by atoms with Gasteiger partial charge in [0.15, 0.2) is 5.82 Å². The highest BCUT2D eigenvalue weighted by Crippen LogP contribution is 2.27. The highest BCUT2D eigenvalue weighted by Gasteiger charge is 2.16. The van der Waals surface area contributed by atoms with Crippen molar-refractivity contribution in [3.63, 3.8) is 0 Å². The molecule has 0 radical (unpaired) electrons. The molecule has 0 bridgehead atoms. The van der Waals surface area contributed by atoms with E-state index in [1.165, 1.54) is 12.1 Å². The number of rotatable bonds is 7. The zero-order valence-electron chi connectivity index (χ0n) is 18.9. The lowest BCUT2D eigenvalue weighted by Gasteiger charge is -2.07. The normalized spacial score (nSPS) is 11.6. The SMILES string of the molecule is O=S(=O)(Oc1ccc(C=Nc2cc(-c3ccccc3)nn2-c2ccccc2)cc1)c1ccc(F)cc1. The molecule has 0 aliphatic carbocycles. The van der Waals surface area contributed by atoms with Crippen LogP contribution in [-0.4, -0.2) is 24.4 Å². The summed E-state index contributed by atoms with van der Waals surface area (Å²) in [5.41, 5.74) is 3.39. The summed E-state index contributed by atoms with van der Waals surface area (Å²) in [6.07, 6.45) is 1.67. The summed E-state index contributed by atoms with van der Waals surface area (Å²) in [6.45, 7) is 0. The summed E-state index contributed by atoms with van der Waals surface area (Å²) in [5, 5.41) is 4.74. The first-order valence-electron chi connectivity index (χ1n) is 11.0. The maximum atomic E-state index is 13.1. The average molecular weight is 498 g/mol. The van der Waals surface area contributed by atoms with Gasteiger partial charge in [-0.25, -0.2) is 14.1 Å². The number of benzene rings is 4. The lowest BCUT2D eigenvalue weighted by molar-refractivity contribution is 0.486. The van der Waals surface area contributed by atoms with Crippen LogP contribution in [0, 0.1) is 5.82 Å². The molecule has 1 aromatic heterocycles. The minimum absolute atomic E-state index is 0.127. The molecule has 0 N–H and O–H groups in total. The van der Waals surface area contributed by atoms with Crippen LogP contribution in [0.3, 0.4) is 0 Å². The van der Waals surface area contributed by atoms with Crippen LogP contribution in [0.5, 0.6) is 5.75 Å². The number of nitrogens with zero attached hydrogens (tertiary/aromatic N) is 3. The van der Waals surface area contributed by atoms with Gasteiger partial charge in [0.25, 0.3) is 0 Å². The van der Waals surface area contributed by atoms with E-state index in [-0.39, 0.29) is 10.6 Å². The third-order valence-corrected chi connectivity index (χ3v) is 6.56.